The van der Waals surface area contributed by atoms with E-state index in [9.17, 15) is 0 Å². The summed E-state index contributed by atoms with van der Waals surface area (Å²) in [5.74, 6) is 0. The number of thioether (sulfide) groups is 1. The molecule has 1 aromatic heterocycles. The zero-order valence-corrected chi connectivity index (χ0v) is 6.22. The van der Waals surface area contributed by atoms with Gasteiger partial charge in [0.05, 0.1) is 0 Å². The Morgan fingerprint density at radius 2 is 2.50 bits per heavy atom. The molecule has 0 aliphatic carbocycles. The van der Waals surface area contributed by atoms with E-state index in [1.165, 1.54) is 0 Å². The van der Waals surface area contributed by atoms with E-state index in [2.05, 4.69) is 9.97 Å². The van der Waals surface area contributed by atoms with Crippen molar-refractivity contribution in [3.63, 3.8) is 0 Å². The van der Waals surface area contributed by atoms with Crippen LogP contribution in [-0.2, 0) is 0 Å². The van der Waals surface area contributed by atoms with Crippen molar-refractivity contribution in [3.8, 4) is 5.40 Å². The first-order chi connectivity index (χ1) is 4.83. The van der Waals surface area contributed by atoms with Crippen LogP contribution >= 0.6 is 11.8 Å². The van der Waals surface area contributed by atoms with Crippen molar-refractivity contribution >= 4 is 11.8 Å². The van der Waals surface area contributed by atoms with Gasteiger partial charge in [0.1, 0.15) is 5.40 Å². The highest BCUT2D eigenvalue weighted by Crippen LogP contribution is 2.08. The van der Waals surface area contributed by atoms with E-state index in [0.29, 0.717) is 5.16 Å². The summed E-state index contributed by atoms with van der Waals surface area (Å²) in [6.07, 6.45) is 1.64. The van der Waals surface area contributed by atoms with Crippen LogP contribution in [0.15, 0.2) is 17.4 Å². The molecular weight excluding hydrogens is 146 g/mol. The van der Waals surface area contributed by atoms with E-state index in [0.717, 1.165) is 17.5 Å². The largest absolute Gasteiger partial charge is 0.230 e. The van der Waals surface area contributed by atoms with Gasteiger partial charge in [-0.2, -0.15) is 5.26 Å². The molecule has 3 nitrogen and oxygen atoms in total. The molecule has 0 fully saturated rings. The number of nitrogens with zero attached hydrogens (tertiary/aromatic N) is 3. The van der Waals surface area contributed by atoms with Crippen LogP contribution in [0.5, 0.6) is 0 Å². The maximum atomic E-state index is 8.24. The van der Waals surface area contributed by atoms with Gasteiger partial charge in [-0.15, -0.1) is 0 Å². The number of aryl methyl sites for hydroxylation is 1. The van der Waals surface area contributed by atoms with Crippen molar-refractivity contribution in [1.29, 1.82) is 5.26 Å². The van der Waals surface area contributed by atoms with E-state index in [1.807, 2.05) is 12.3 Å². The van der Waals surface area contributed by atoms with Gasteiger partial charge in [-0.1, -0.05) is 0 Å². The summed E-state index contributed by atoms with van der Waals surface area (Å²) in [5, 5.41) is 10.7. The SMILES string of the molecule is Cc1ccnc(SC#N)n1. The molecule has 0 N–H and O–H groups in total. The lowest BCUT2D eigenvalue weighted by atomic mass is 10.5. The zero-order valence-electron chi connectivity index (χ0n) is 5.40. The first kappa shape index (κ1) is 7.03. The molecule has 1 heterocycles. The van der Waals surface area contributed by atoms with Crippen LogP contribution in [0, 0.1) is 17.6 Å². The molecule has 0 unspecified atom stereocenters. The minimum absolute atomic E-state index is 0.516. The van der Waals surface area contributed by atoms with E-state index in [4.69, 9.17) is 5.26 Å². The second-order valence-corrected chi connectivity index (χ2v) is 2.43. The minimum atomic E-state index is 0.516. The lowest BCUT2D eigenvalue weighted by molar-refractivity contribution is 0.936. The lowest BCUT2D eigenvalue weighted by Gasteiger charge is -1.91. The monoisotopic (exact) mass is 151 g/mol. The molecule has 0 bridgehead atoms. The third-order valence-electron chi connectivity index (χ3n) is 0.910. The summed E-state index contributed by atoms with van der Waals surface area (Å²) in [6, 6.07) is 1.79. The molecule has 10 heavy (non-hydrogen) atoms. The Kier molecular flexibility index (Phi) is 2.24. The number of rotatable bonds is 1. The third-order valence-corrected chi connectivity index (χ3v) is 1.38. The Morgan fingerprint density at radius 3 is 3.10 bits per heavy atom. The van der Waals surface area contributed by atoms with Gasteiger partial charge in [-0.25, -0.2) is 9.97 Å². The fraction of sp³-hybridized carbons (Fsp3) is 0.167. The van der Waals surface area contributed by atoms with E-state index >= 15 is 0 Å². The summed E-state index contributed by atoms with van der Waals surface area (Å²) in [4.78, 5) is 7.85. The maximum absolute atomic E-state index is 8.24. The van der Waals surface area contributed by atoms with Gasteiger partial charge in [0.15, 0.2) is 0 Å². The molecule has 0 atom stereocenters. The summed E-state index contributed by atoms with van der Waals surface area (Å²) < 4.78 is 0. The van der Waals surface area contributed by atoms with Gasteiger partial charge in [0, 0.05) is 23.7 Å². The second kappa shape index (κ2) is 3.18. The van der Waals surface area contributed by atoms with E-state index in [1.54, 1.807) is 12.3 Å². The van der Waals surface area contributed by atoms with Crippen LogP contribution in [-0.4, -0.2) is 9.97 Å². The molecule has 0 radical (unpaired) electrons. The highest BCUT2D eigenvalue weighted by molar-refractivity contribution is 8.03. The Hall–Kier alpha value is -1.08. The summed E-state index contributed by atoms with van der Waals surface area (Å²) >= 11 is 0.973. The molecule has 0 amide bonds. The molecule has 1 aromatic rings. The van der Waals surface area contributed by atoms with Crippen LogP contribution < -0.4 is 0 Å². The molecule has 0 saturated carbocycles. The number of aromatic nitrogens is 2. The highest BCUT2D eigenvalue weighted by atomic mass is 32.2. The molecule has 0 saturated heterocycles. The number of nitriles is 1. The van der Waals surface area contributed by atoms with Crippen molar-refractivity contribution in [2.75, 3.05) is 0 Å². The normalized spacial score (nSPS) is 8.80. The molecule has 50 valence electrons. The van der Waals surface area contributed by atoms with Crippen molar-refractivity contribution in [3.05, 3.63) is 18.0 Å². The summed E-state index contributed by atoms with van der Waals surface area (Å²) in [6.45, 7) is 1.86. The second-order valence-electron chi connectivity index (χ2n) is 1.67. The van der Waals surface area contributed by atoms with E-state index in [-0.39, 0.29) is 0 Å². The van der Waals surface area contributed by atoms with Crippen LogP contribution in [0.4, 0.5) is 0 Å². The highest BCUT2D eigenvalue weighted by Gasteiger charge is 1.93. The Morgan fingerprint density at radius 1 is 1.70 bits per heavy atom. The standard InChI is InChI=1S/C6H5N3S/c1-5-2-3-8-6(9-5)10-4-7/h2-3H,1H3. The smallest absolute Gasteiger partial charge is 0.202 e. The predicted octanol–water partition coefficient (Wildman–Crippen LogP) is 1.36. The number of hydrogen-bond acceptors (Lipinski definition) is 4. The topological polar surface area (TPSA) is 49.6 Å². The molecule has 4 heteroatoms. The van der Waals surface area contributed by atoms with Crippen molar-refractivity contribution < 1.29 is 0 Å². The molecule has 1 rings (SSSR count). The van der Waals surface area contributed by atoms with Crippen LogP contribution in [0.25, 0.3) is 0 Å². The fourth-order valence-electron chi connectivity index (χ4n) is 0.516. The molecule has 0 spiro atoms. The van der Waals surface area contributed by atoms with Gasteiger partial charge in [0.2, 0.25) is 5.16 Å². The van der Waals surface area contributed by atoms with Crippen LogP contribution in [0.1, 0.15) is 5.69 Å². The van der Waals surface area contributed by atoms with Gasteiger partial charge in [-0.3, -0.25) is 0 Å². The number of hydrogen-bond donors (Lipinski definition) is 0. The maximum Gasteiger partial charge on any atom is 0.202 e. The first-order valence-electron chi connectivity index (χ1n) is 2.68. The molecule has 0 aromatic carbocycles. The average molecular weight is 151 g/mol. The van der Waals surface area contributed by atoms with Crippen molar-refractivity contribution in [2.45, 2.75) is 12.1 Å². The average Bonchev–Trinajstić information content (AvgIpc) is 1.88. The quantitative estimate of drug-likeness (QED) is 0.345. The first-order valence-corrected chi connectivity index (χ1v) is 3.50. The Bertz CT molecular complexity index is 266. The zero-order chi connectivity index (χ0) is 7.40. The third kappa shape index (κ3) is 1.71. The minimum Gasteiger partial charge on any atom is -0.230 e. The molecule has 0 aliphatic heterocycles. The van der Waals surface area contributed by atoms with Gasteiger partial charge < -0.3 is 0 Å². The Labute approximate surface area is 63.1 Å². The van der Waals surface area contributed by atoms with Crippen LogP contribution in [0.2, 0.25) is 0 Å². The summed E-state index contributed by atoms with van der Waals surface area (Å²) in [7, 11) is 0. The van der Waals surface area contributed by atoms with Crippen molar-refractivity contribution in [2.24, 2.45) is 0 Å². The predicted molar refractivity (Wildman–Crippen MR) is 38.2 cm³/mol. The van der Waals surface area contributed by atoms with Crippen molar-refractivity contribution in [1.82, 2.24) is 9.97 Å². The summed E-state index contributed by atoms with van der Waals surface area (Å²) in [5.41, 5.74) is 0.882. The Balaban J connectivity index is 2.87. The van der Waals surface area contributed by atoms with E-state index < -0.39 is 0 Å². The molecule has 0 aliphatic rings. The van der Waals surface area contributed by atoms with Crippen LogP contribution in [0.3, 0.4) is 0 Å². The number of thiocyanates is 1. The fourth-order valence-corrected chi connectivity index (χ4v) is 0.901. The van der Waals surface area contributed by atoms with Gasteiger partial charge in [0.25, 0.3) is 0 Å². The lowest BCUT2D eigenvalue weighted by Crippen LogP contribution is -1.85. The molecular formula is C6H5N3S. The van der Waals surface area contributed by atoms with Gasteiger partial charge in [-0.05, 0) is 13.0 Å². The van der Waals surface area contributed by atoms with Gasteiger partial charge >= 0.3 is 0 Å².